The van der Waals surface area contributed by atoms with Crippen LogP contribution in [0, 0.1) is 0 Å². The summed E-state index contributed by atoms with van der Waals surface area (Å²) >= 11 is 7.57. The lowest BCUT2D eigenvalue weighted by atomic mass is 10.0. The van der Waals surface area contributed by atoms with E-state index in [4.69, 9.17) is 16.3 Å². The van der Waals surface area contributed by atoms with Crippen molar-refractivity contribution >= 4 is 45.9 Å². The molecule has 0 aliphatic carbocycles. The van der Waals surface area contributed by atoms with Crippen molar-refractivity contribution in [3.8, 4) is 0 Å². The van der Waals surface area contributed by atoms with Crippen molar-refractivity contribution < 1.29 is 19.2 Å². The van der Waals surface area contributed by atoms with Crippen molar-refractivity contribution in [1.29, 1.82) is 0 Å². The van der Waals surface area contributed by atoms with Gasteiger partial charge in [-0.15, -0.1) is 11.3 Å². The predicted molar refractivity (Wildman–Crippen MR) is 109 cm³/mol. The average molecular weight is 406 g/mol. The Morgan fingerprint density at radius 1 is 1.37 bits per heavy atom. The summed E-state index contributed by atoms with van der Waals surface area (Å²) in [5.41, 5.74) is 2.27. The molecule has 2 heterocycles. The van der Waals surface area contributed by atoms with Gasteiger partial charge in [-0.1, -0.05) is 29.8 Å². The lowest BCUT2D eigenvalue weighted by Crippen LogP contribution is -3.08. The molecule has 3 rings (SSSR count). The normalized spacial score (nSPS) is 16.2. The summed E-state index contributed by atoms with van der Waals surface area (Å²) in [4.78, 5) is 27.4. The molecule has 0 saturated heterocycles. The van der Waals surface area contributed by atoms with Crippen molar-refractivity contribution in [1.82, 2.24) is 0 Å². The molecule has 0 spiro atoms. The first-order valence-electron chi connectivity index (χ1n) is 8.86. The molecule has 1 aliphatic rings. The van der Waals surface area contributed by atoms with Crippen LogP contribution < -0.4 is 10.2 Å². The average Bonchev–Trinajstić information content (AvgIpc) is 2.98. The van der Waals surface area contributed by atoms with Gasteiger partial charge in [0.2, 0.25) is 5.91 Å². The van der Waals surface area contributed by atoms with Crippen molar-refractivity contribution in [3.05, 3.63) is 56.9 Å². The molecule has 0 radical (unpaired) electrons. The molecule has 0 bridgehead atoms. The second-order valence-electron chi connectivity index (χ2n) is 6.41. The molecular formula is C20H22ClN2O3S+. The minimum Gasteiger partial charge on any atom is -0.462 e. The first kappa shape index (κ1) is 19.6. The topological polar surface area (TPSA) is 59.8 Å². The molecule has 0 fully saturated rings. The highest BCUT2D eigenvalue weighted by Crippen LogP contribution is 2.35. The van der Waals surface area contributed by atoms with Crippen LogP contribution >= 0.6 is 22.9 Å². The number of rotatable bonds is 5. The molecule has 1 aromatic heterocycles. The van der Waals surface area contributed by atoms with E-state index in [1.807, 2.05) is 18.2 Å². The van der Waals surface area contributed by atoms with Gasteiger partial charge in [-0.25, -0.2) is 4.79 Å². The zero-order valence-corrected chi connectivity index (χ0v) is 16.9. The van der Waals surface area contributed by atoms with Crippen LogP contribution in [0.15, 0.2) is 30.3 Å². The molecule has 5 nitrogen and oxygen atoms in total. The number of likely N-dealkylation sites (N-methyl/N-ethyl adjacent to an activating group) is 1. The number of halogens is 1. The van der Waals surface area contributed by atoms with Crippen LogP contribution in [0.2, 0.25) is 5.02 Å². The minimum absolute atomic E-state index is 0.300. The number of carbonyl (C=O) groups is 2. The third kappa shape index (κ3) is 4.58. The number of quaternary nitrogens is 1. The highest BCUT2D eigenvalue weighted by atomic mass is 35.5. The fourth-order valence-electron chi connectivity index (χ4n) is 3.06. The molecule has 1 aliphatic heterocycles. The molecular weight excluding hydrogens is 384 g/mol. The van der Waals surface area contributed by atoms with E-state index in [1.165, 1.54) is 22.3 Å². The number of hydrogen-bond acceptors (Lipinski definition) is 4. The molecule has 1 atom stereocenters. The van der Waals surface area contributed by atoms with Gasteiger partial charge in [0.25, 0.3) is 0 Å². The Labute approximate surface area is 167 Å². The van der Waals surface area contributed by atoms with Crippen LogP contribution in [0.1, 0.15) is 33.3 Å². The molecule has 27 heavy (non-hydrogen) atoms. The van der Waals surface area contributed by atoms with Crippen molar-refractivity contribution in [2.24, 2.45) is 0 Å². The van der Waals surface area contributed by atoms with E-state index in [2.05, 4.69) is 12.4 Å². The number of fused-ring (bicyclic) bond motifs is 1. The number of benzene rings is 1. The van der Waals surface area contributed by atoms with E-state index >= 15 is 0 Å². The quantitative estimate of drug-likeness (QED) is 0.594. The Kier molecular flexibility index (Phi) is 6.31. The standard InChI is InChI=1S/C20H21ClN2O3S/c1-3-26-20(25)18-14-10-11-23(2)12-16(14)27-19(18)22-17(24)9-8-13-6-4-5-7-15(13)21/h4-9H,3,10-12H2,1-2H3,(H,22,24)/p+1. The summed E-state index contributed by atoms with van der Waals surface area (Å²) in [6.45, 7) is 3.88. The number of esters is 1. The SMILES string of the molecule is CCOC(=O)c1c(NC(=O)C=Cc2ccccc2Cl)sc2c1CC[NH+](C)C2. The third-order valence-corrected chi connectivity index (χ3v) is 5.88. The number of hydrogen-bond donors (Lipinski definition) is 2. The molecule has 0 saturated carbocycles. The summed E-state index contributed by atoms with van der Waals surface area (Å²) in [6.07, 6.45) is 3.89. The Morgan fingerprint density at radius 2 is 2.15 bits per heavy atom. The summed E-state index contributed by atoms with van der Waals surface area (Å²) < 4.78 is 5.22. The predicted octanol–water partition coefficient (Wildman–Crippen LogP) is 2.80. The van der Waals surface area contributed by atoms with Crippen LogP contribution in [0.4, 0.5) is 5.00 Å². The Morgan fingerprint density at radius 3 is 2.89 bits per heavy atom. The van der Waals surface area contributed by atoms with Crippen LogP contribution in [0.3, 0.4) is 0 Å². The minimum atomic E-state index is -0.375. The second-order valence-corrected chi connectivity index (χ2v) is 7.92. The Hall–Kier alpha value is -2.15. The maximum Gasteiger partial charge on any atom is 0.341 e. The molecule has 142 valence electrons. The van der Waals surface area contributed by atoms with E-state index < -0.39 is 0 Å². The molecule has 7 heteroatoms. The molecule has 1 aromatic carbocycles. The Balaban J connectivity index is 1.84. The van der Waals surface area contributed by atoms with Gasteiger partial charge >= 0.3 is 5.97 Å². The van der Waals surface area contributed by atoms with E-state index in [1.54, 1.807) is 19.1 Å². The molecule has 2 N–H and O–H groups in total. The fraction of sp³-hybridized carbons (Fsp3) is 0.300. The van der Waals surface area contributed by atoms with Crippen molar-refractivity contribution in [2.75, 3.05) is 25.5 Å². The van der Waals surface area contributed by atoms with Gasteiger partial charge in [-0.05, 0) is 30.2 Å². The van der Waals surface area contributed by atoms with Gasteiger partial charge in [0.05, 0.1) is 30.6 Å². The zero-order chi connectivity index (χ0) is 19.4. The maximum atomic E-state index is 12.5. The van der Waals surface area contributed by atoms with E-state index in [9.17, 15) is 9.59 Å². The van der Waals surface area contributed by atoms with Gasteiger partial charge in [0.1, 0.15) is 11.5 Å². The second kappa shape index (κ2) is 8.69. The first-order chi connectivity index (χ1) is 13.0. The number of thiophene rings is 1. The van der Waals surface area contributed by atoms with Crippen LogP contribution in [-0.4, -0.2) is 32.1 Å². The Bertz CT molecular complexity index is 891. The highest BCUT2D eigenvalue weighted by molar-refractivity contribution is 7.17. The van der Waals surface area contributed by atoms with Gasteiger partial charge in [-0.3, -0.25) is 4.79 Å². The van der Waals surface area contributed by atoms with Crippen LogP contribution in [-0.2, 0) is 22.5 Å². The van der Waals surface area contributed by atoms with Gasteiger partial charge in [-0.2, -0.15) is 0 Å². The largest absolute Gasteiger partial charge is 0.462 e. The number of ether oxygens (including phenoxy) is 1. The van der Waals surface area contributed by atoms with Crippen LogP contribution in [0.25, 0.3) is 6.08 Å². The summed E-state index contributed by atoms with van der Waals surface area (Å²) in [5.74, 6) is -0.681. The zero-order valence-electron chi connectivity index (χ0n) is 15.3. The molecule has 1 amide bonds. The number of anilines is 1. The van der Waals surface area contributed by atoms with E-state index in [0.717, 1.165) is 35.5 Å². The van der Waals surface area contributed by atoms with Crippen molar-refractivity contribution in [3.63, 3.8) is 0 Å². The van der Waals surface area contributed by atoms with Crippen molar-refractivity contribution in [2.45, 2.75) is 19.9 Å². The van der Waals surface area contributed by atoms with Gasteiger partial charge in [0, 0.05) is 17.5 Å². The summed E-state index contributed by atoms with van der Waals surface area (Å²) in [7, 11) is 2.12. The first-order valence-corrected chi connectivity index (χ1v) is 10.1. The third-order valence-electron chi connectivity index (χ3n) is 4.39. The number of carbonyl (C=O) groups excluding carboxylic acids is 2. The monoisotopic (exact) mass is 405 g/mol. The number of amides is 1. The molecule has 2 aromatic rings. The maximum absolute atomic E-state index is 12.5. The van der Waals surface area contributed by atoms with E-state index in [-0.39, 0.29) is 11.9 Å². The highest BCUT2D eigenvalue weighted by Gasteiger charge is 2.29. The number of nitrogens with one attached hydrogen (secondary N) is 2. The smallest absolute Gasteiger partial charge is 0.341 e. The van der Waals surface area contributed by atoms with Crippen LogP contribution in [0.5, 0.6) is 0 Å². The fourth-order valence-corrected chi connectivity index (χ4v) is 4.61. The van der Waals surface area contributed by atoms with E-state index in [0.29, 0.717) is 22.2 Å². The van der Waals surface area contributed by atoms with Gasteiger partial charge < -0.3 is 15.0 Å². The van der Waals surface area contributed by atoms with Gasteiger partial charge in [0.15, 0.2) is 0 Å². The lowest BCUT2D eigenvalue weighted by molar-refractivity contribution is -0.895. The summed E-state index contributed by atoms with van der Waals surface area (Å²) in [5, 5.41) is 3.98. The lowest BCUT2D eigenvalue weighted by Gasteiger charge is -2.19. The molecule has 1 unspecified atom stereocenters. The summed E-state index contributed by atoms with van der Waals surface area (Å²) in [6, 6.07) is 7.29.